The summed E-state index contributed by atoms with van der Waals surface area (Å²) in [7, 11) is 1.99. The van der Waals surface area contributed by atoms with Crippen LogP contribution < -0.4 is 4.74 Å². The van der Waals surface area contributed by atoms with Crippen molar-refractivity contribution in [3.05, 3.63) is 82.7 Å². The molecule has 0 amide bonds. The number of fused-ring (bicyclic) bond motifs is 2. The Labute approximate surface area is 200 Å². The van der Waals surface area contributed by atoms with E-state index in [9.17, 15) is 0 Å². The van der Waals surface area contributed by atoms with Gasteiger partial charge in [0.25, 0.3) is 0 Å². The topological polar surface area (TPSA) is 68.6 Å². The van der Waals surface area contributed by atoms with E-state index < -0.39 is 0 Å². The number of aromatic nitrogens is 5. The van der Waals surface area contributed by atoms with Gasteiger partial charge in [-0.05, 0) is 75.1 Å². The van der Waals surface area contributed by atoms with E-state index >= 15 is 0 Å². The summed E-state index contributed by atoms with van der Waals surface area (Å²) in [5.41, 5.74) is 7.97. The predicted octanol–water partition coefficient (Wildman–Crippen LogP) is 5.63. The summed E-state index contributed by atoms with van der Waals surface area (Å²) in [4.78, 5) is 13.0. The van der Waals surface area contributed by atoms with Crippen LogP contribution in [0.4, 0.5) is 0 Å². The van der Waals surface area contributed by atoms with E-state index in [1.165, 1.54) is 27.6 Å². The molecule has 0 radical (unpaired) electrons. The number of hydrogen-bond donors (Lipinski definition) is 1. The van der Waals surface area contributed by atoms with Crippen LogP contribution >= 0.6 is 0 Å². The Morgan fingerprint density at radius 3 is 2.71 bits per heavy atom. The molecular weight excluding hydrogens is 422 g/mol. The van der Waals surface area contributed by atoms with Crippen molar-refractivity contribution in [1.29, 1.82) is 0 Å². The first kappa shape index (κ1) is 22.1. The second-order valence-corrected chi connectivity index (χ2v) is 8.96. The van der Waals surface area contributed by atoms with E-state index in [0.29, 0.717) is 6.61 Å². The van der Waals surface area contributed by atoms with Crippen molar-refractivity contribution in [2.75, 3.05) is 6.61 Å². The molecule has 0 aliphatic heterocycles. The molecule has 0 atom stereocenters. The van der Waals surface area contributed by atoms with Crippen LogP contribution in [0.15, 0.2) is 48.7 Å². The first-order chi connectivity index (χ1) is 16.5. The van der Waals surface area contributed by atoms with Crippen LogP contribution in [0.2, 0.25) is 0 Å². The summed E-state index contributed by atoms with van der Waals surface area (Å²) in [6, 6.07) is 14.8. The number of hydrogen-bond acceptors (Lipinski definition) is 4. The molecule has 1 N–H and O–H groups in total. The third-order valence-electron chi connectivity index (χ3n) is 6.43. The molecule has 0 saturated carbocycles. The zero-order valence-electron chi connectivity index (χ0n) is 20.4. The first-order valence-corrected chi connectivity index (χ1v) is 12.0. The summed E-state index contributed by atoms with van der Waals surface area (Å²) in [6.45, 7) is 6.84. The zero-order chi connectivity index (χ0) is 23.7. The molecule has 3 heterocycles. The van der Waals surface area contributed by atoms with Crippen LogP contribution in [0.1, 0.15) is 47.4 Å². The van der Waals surface area contributed by atoms with Gasteiger partial charge in [0.05, 0.1) is 12.1 Å². The van der Waals surface area contributed by atoms with Crippen molar-refractivity contribution in [2.24, 2.45) is 7.05 Å². The minimum Gasteiger partial charge on any atom is -0.494 e. The van der Waals surface area contributed by atoms with Crippen LogP contribution in [0.5, 0.6) is 5.75 Å². The van der Waals surface area contributed by atoms with Crippen molar-refractivity contribution >= 4 is 21.8 Å². The number of rotatable bonds is 8. The molecule has 6 nitrogen and oxygen atoms in total. The average Bonchev–Trinajstić information content (AvgIpc) is 3.33. The number of nitrogens with zero attached hydrogens (tertiary/aromatic N) is 4. The fourth-order valence-corrected chi connectivity index (χ4v) is 4.66. The third kappa shape index (κ3) is 4.53. The van der Waals surface area contributed by atoms with Crippen LogP contribution in [-0.4, -0.2) is 31.3 Å². The number of H-pyrrole nitrogens is 1. The van der Waals surface area contributed by atoms with Crippen molar-refractivity contribution in [3.63, 3.8) is 0 Å². The number of nitrogens with one attached hydrogen (secondary N) is 1. The summed E-state index contributed by atoms with van der Waals surface area (Å²) in [5.74, 6) is 1.83. The second kappa shape index (κ2) is 9.29. The normalized spacial score (nSPS) is 11.5. The van der Waals surface area contributed by atoms with Gasteiger partial charge in [0.2, 0.25) is 0 Å². The molecule has 174 valence electrons. The standard InChI is InChI=1S/C28H31N5O/c1-5-34-23-10-12-26-25(16-23)21(17-29-26)7-6-8-28-30-18(2)13-22(31-28)14-20-9-11-24-19(3)33(4)32-27(24)15-20/h9-13,15-17,29H,5-8,14H2,1-4H3. The quantitative estimate of drug-likeness (QED) is 0.331. The molecule has 5 aromatic rings. The largest absolute Gasteiger partial charge is 0.494 e. The highest BCUT2D eigenvalue weighted by molar-refractivity contribution is 5.84. The lowest BCUT2D eigenvalue weighted by Gasteiger charge is -2.07. The van der Waals surface area contributed by atoms with Gasteiger partial charge in [-0.25, -0.2) is 9.97 Å². The lowest BCUT2D eigenvalue weighted by Crippen LogP contribution is -2.03. The first-order valence-electron chi connectivity index (χ1n) is 12.0. The zero-order valence-corrected chi connectivity index (χ0v) is 20.4. The summed E-state index contributed by atoms with van der Waals surface area (Å²) in [6.07, 6.45) is 5.71. The summed E-state index contributed by atoms with van der Waals surface area (Å²) < 4.78 is 7.62. The molecule has 0 saturated heterocycles. The fraction of sp³-hybridized carbons (Fsp3) is 0.321. The average molecular weight is 454 g/mol. The molecule has 0 bridgehead atoms. The summed E-state index contributed by atoms with van der Waals surface area (Å²) in [5, 5.41) is 7.06. The highest BCUT2D eigenvalue weighted by Crippen LogP contribution is 2.25. The maximum Gasteiger partial charge on any atom is 0.128 e. The molecule has 6 heteroatoms. The van der Waals surface area contributed by atoms with Gasteiger partial charge in [0, 0.05) is 59.5 Å². The molecule has 0 spiro atoms. The van der Waals surface area contributed by atoms with E-state index in [4.69, 9.17) is 14.7 Å². The van der Waals surface area contributed by atoms with Crippen LogP contribution in [-0.2, 0) is 26.3 Å². The Morgan fingerprint density at radius 1 is 0.971 bits per heavy atom. The maximum absolute atomic E-state index is 5.68. The molecule has 3 aromatic heterocycles. The molecule has 5 rings (SSSR count). The Hall–Kier alpha value is -3.67. The van der Waals surface area contributed by atoms with Crippen molar-refractivity contribution in [3.8, 4) is 5.75 Å². The van der Waals surface area contributed by atoms with Gasteiger partial charge in [0.1, 0.15) is 11.6 Å². The van der Waals surface area contributed by atoms with E-state index in [1.807, 2.05) is 24.7 Å². The summed E-state index contributed by atoms with van der Waals surface area (Å²) >= 11 is 0. The SMILES string of the molecule is CCOc1ccc2[nH]cc(CCCc3nc(C)cc(Cc4ccc5c(C)n(C)nc5c4)n3)c2c1. The molecular formula is C28H31N5O. The lowest BCUT2D eigenvalue weighted by atomic mass is 10.1. The van der Waals surface area contributed by atoms with Gasteiger partial charge in [-0.1, -0.05) is 12.1 Å². The number of aromatic amines is 1. The Balaban J connectivity index is 1.28. The maximum atomic E-state index is 5.68. The lowest BCUT2D eigenvalue weighted by molar-refractivity contribution is 0.340. The molecule has 0 aliphatic carbocycles. The Kier molecular flexibility index (Phi) is 6.05. The number of ether oxygens (including phenoxy) is 1. The number of benzene rings is 2. The van der Waals surface area contributed by atoms with E-state index in [0.717, 1.165) is 59.7 Å². The number of aryl methyl sites for hydroxylation is 5. The van der Waals surface area contributed by atoms with Crippen molar-refractivity contribution in [1.82, 2.24) is 24.7 Å². The second-order valence-electron chi connectivity index (χ2n) is 8.96. The highest BCUT2D eigenvalue weighted by Gasteiger charge is 2.10. The smallest absolute Gasteiger partial charge is 0.128 e. The van der Waals surface area contributed by atoms with Crippen LogP contribution in [0.25, 0.3) is 21.8 Å². The third-order valence-corrected chi connectivity index (χ3v) is 6.43. The minimum absolute atomic E-state index is 0.674. The monoisotopic (exact) mass is 453 g/mol. The molecule has 0 unspecified atom stereocenters. The van der Waals surface area contributed by atoms with Gasteiger partial charge < -0.3 is 9.72 Å². The van der Waals surface area contributed by atoms with Gasteiger partial charge in [0.15, 0.2) is 0 Å². The molecule has 2 aromatic carbocycles. The highest BCUT2D eigenvalue weighted by atomic mass is 16.5. The van der Waals surface area contributed by atoms with Crippen molar-refractivity contribution < 1.29 is 4.74 Å². The van der Waals surface area contributed by atoms with Crippen molar-refractivity contribution in [2.45, 2.75) is 46.5 Å². The van der Waals surface area contributed by atoms with Gasteiger partial charge >= 0.3 is 0 Å². The van der Waals surface area contributed by atoms with E-state index in [2.05, 4.69) is 66.5 Å². The van der Waals surface area contributed by atoms with E-state index in [-0.39, 0.29) is 0 Å². The van der Waals surface area contributed by atoms with Gasteiger partial charge in [-0.2, -0.15) is 5.10 Å². The molecule has 0 fully saturated rings. The van der Waals surface area contributed by atoms with Gasteiger partial charge in [-0.3, -0.25) is 4.68 Å². The fourth-order valence-electron chi connectivity index (χ4n) is 4.66. The Morgan fingerprint density at radius 2 is 1.85 bits per heavy atom. The molecule has 34 heavy (non-hydrogen) atoms. The Bertz CT molecular complexity index is 1460. The van der Waals surface area contributed by atoms with E-state index in [1.54, 1.807) is 0 Å². The van der Waals surface area contributed by atoms with Crippen LogP contribution in [0.3, 0.4) is 0 Å². The minimum atomic E-state index is 0.674. The van der Waals surface area contributed by atoms with Gasteiger partial charge in [-0.15, -0.1) is 0 Å². The predicted molar refractivity (Wildman–Crippen MR) is 137 cm³/mol. The van der Waals surface area contributed by atoms with Crippen LogP contribution in [0, 0.1) is 13.8 Å². The molecule has 0 aliphatic rings.